The van der Waals surface area contributed by atoms with Gasteiger partial charge < -0.3 is 0 Å². The first-order valence-corrected chi connectivity index (χ1v) is 10.8. The van der Waals surface area contributed by atoms with Crippen LogP contribution in [0.4, 0.5) is 0 Å². The van der Waals surface area contributed by atoms with Crippen LogP contribution >= 0.6 is 0 Å². The van der Waals surface area contributed by atoms with Crippen molar-refractivity contribution in [2.75, 3.05) is 0 Å². The lowest BCUT2D eigenvalue weighted by atomic mass is 9.71. The van der Waals surface area contributed by atoms with E-state index in [4.69, 9.17) is 9.97 Å². The fourth-order valence-corrected chi connectivity index (χ4v) is 5.46. The molecule has 2 heteroatoms. The molecule has 146 valence electrons. The van der Waals surface area contributed by atoms with Gasteiger partial charge in [-0.05, 0) is 56.8 Å². The largest absolute Gasteiger partial charge is 0.256 e. The second kappa shape index (κ2) is 5.67. The molecule has 0 N–H and O–H groups in total. The maximum atomic E-state index is 5.16. The number of aromatic nitrogens is 2. The van der Waals surface area contributed by atoms with Gasteiger partial charge in [-0.3, -0.25) is 9.97 Å². The van der Waals surface area contributed by atoms with Crippen molar-refractivity contribution >= 4 is 43.2 Å². The molecule has 2 aromatic heterocycles. The molecule has 0 radical (unpaired) electrons. The Morgan fingerprint density at radius 3 is 2.39 bits per heavy atom. The summed E-state index contributed by atoms with van der Waals surface area (Å²) < 4.78 is 0. The van der Waals surface area contributed by atoms with Crippen LogP contribution in [0.1, 0.15) is 25.1 Å². The van der Waals surface area contributed by atoms with Crippen LogP contribution in [0.15, 0.2) is 85.1 Å². The second-order valence-corrected chi connectivity index (χ2v) is 9.09. The number of pyridine rings is 2. The van der Waals surface area contributed by atoms with Crippen molar-refractivity contribution in [2.24, 2.45) is 0 Å². The number of para-hydroxylation sites is 1. The third kappa shape index (κ3) is 2.12. The summed E-state index contributed by atoms with van der Waals surface area (Å²) in [7, 11) is 0. The summed E-state index contributed by atoms with van der Waals surface area (Å²) in [5.74, 6) is 0. The van der Waals surface area contributed by atoms with E-state index in [-0.39, 0.29) is 5.41 Å². The van der Waals surface area contributed by atoms with Crippen LogP contribution in [-0.4, -0.2) is 9.97 Å². The zero-order chi connectivity index (χ0) is 20.7. The Kier molecular flexibility index (Phi) is 3.10. The number of hydrogen-bond donors (Lipinski definition) is 0. The van der Waals surface area contributed by atoms with Crippen LogP contribution in [0.25, 0.3) is 54.5 Å². The molecule has 6 aromatic rings. The third-order valence-electron chi connectivity index (χ3n) is 7.01. The zero-order valence-corrected chi connectivity index (χ0v) is 17.5. The smallest absolute Gasteiger partial charge is 0.0802 e. The molecule has 2 nitrogen and oxygen atoms in total. The van der Waals surface area contributed by atoms with Crippen molar-refractivity contribution in [3.8, 4) is 11.3 Å². The molecule has 4 aromatic carbocycles. The number of fused-ring (bicyclic) bond motifs is 7. The highest BCUT2D eigenvalue weighted by Gasteiger charge is 2.36. The van der Waals surface area contributed by atoms with E-state index in [1.54, 1.807) is 0 Å². The van der Waals surface area contributed by atoms with Crippen LogP contribution in [0, 0.1) is 0 Å². The monoisotopic (exact) mass is 396 g/mol. The molecule has 31 heavy (non-hydrogen) atoms. The molecule has 7 rings (SSSR count). The summed E-state index contributed by atoms with van der Waals surface area (Å²) in [5.41, 5.74) is 5.44. The first-order valence-electron chi connectivity index (χ1n) is 10.8. The van der Waals surface area contributed by atoms with Gasteiger partial charge >= 0.3 is 0 Å². The molecule has 0 atom stereocenters. The van der Waals surface area contributed by atoms with E-state index < -0.39 is 0 Å². The fourth-order valence-electron chi connectivity index (χ4n) is 5.46. The van der Waals surface area contributed by atoms with Crippen molar-refractivity contribution in [3.05, 3.63) is 96.3 Å². The second-order valence-electron chi connectivity index (χ2n) is 9.09. The van der Waals surface area contributed by atoms with Crippen LogP contribution in [0.3, 0.4) is 0 Å². The van der Waals surface area contributed by atoms with Crippen LogP contribution in [0.5, 0.6) is 0 Å². The van der Waals surface area contributed by atoms with Gasteiger partial charge in [0.25, 0.3) is 0 Å². The molecule has 0 bridgehead atoms. The topological polar surface area (TPSA) is 25.8 Å². The third-order valence-corrected chi connectivity index (χ3v) is 7.01. The number of hydrogen-bond acceptors (Lipinski definition) is 2. The fraction of sp³-hybridized carbons (Fsp3) is 0.103. The van der Waals surface area contributed by atoms with Crippen molar-refractivity contribution in [2.45, 2.75) is 19.3 Å². The molecule has 0 aliphatic heterocycles. The average Bonchev–Trinajstić information content (AvgIpc) is 2.81. The molecule has 0 unspecified atom stereocenters. The maximum absolute atomic E-state index is 5.16. The van der Waals surface area contributed by atoms with E-state index in [0.717, 1.165) is 27.9 Å². The Morgan fingerprint density at radius 1 is 0.677 bits per heavy atom. The van der Waals surface area contributed by atoms with Crippen LogP contribution in [0.2, 0.25) is 0 Å². The lowest BCUT2D eigenvalue weighted by Crippen LogP contribution is -2.25. The van der Waals surface area contributed by atoms with Crippen LogP contribution in [-0.2, 0) is 5.41 Å². The van der Waals surface area contributed by atoms with Gasteiger partial charge in [-0.1, -0.05) is 68.4 Å². The van der Waals surface area contributed by atoms with Gasteiger partial charge in [-0.15, -0.1) is 0 Å². The molecule has 0 saturated heterocycles. The minimum atomic E-state index is -0.223. The first-order chi connectivity index (χ1) is 15.1. The normalized spacial score (nSPS) is 14.4. The molecule has 0 saturated carbocycles. The Bertz CT molecular complexity index is 1710. The van der Waals surface area contributed by atoms with Crippen molar-refractivity contribution in [3.63, 3.8) is 0 Å². The van der Waals surface area contributed by atoms with E-state index in [9.17, 15) is 0 Å². The average molecular weight is 396 g/mol. The predicted molar refractivity (Wildman–Crippen MR) is 130 cm³/mol. The predicted octanol–water partition coefficient (Wildman–Crippen LogP) is 7.40. The van der Waals surface area contributed by atoms with Gasteiger partial charge in [0.05, 0.1) is 16.9 Å². The van der Waals surface area contributed by atoms with Crippen molar-refractivity contribution < 1.29 is 0 Å². The van der Waals surface area contributed by atoms with Gasteiger partial charge in [0.1, 0.15) is 0 Å². The Balaban J connectivity index is 1.72. The van der Waals surface area contributed by atoms with Crippen molar-refractivity contribution in [1.29, 1.82) is 0 Å². The summed E-state index contributed by atoms with van der Waals surface area (Å²) in [6.07, 6.45) is 1.95. The molecular weight excluding hydrogens is 376 g/mol. The van der Waals surface area contributed by atoms with Crippen LogP contribution < -0.4 is 0 Å². The van der Waals surface area contributed by atoms with Gasteiger partial charge in [0, 0.05) is 27.9 Å². The quantitative estimate of drug-likeness (QED) is 0.250. The lowest BCUT2D eigenvalue weighted by molar-refractivity contribution is 0.624. The summed E-state index contributed by atoms with van der Waals surface area (Å²) in [4.78, 5) is 10.0. The molecule has 1 aliphatic carbocycles. The minimum absolute atomic E-state index is 0.223. The summed E-state index contributed by atoms with van der Waals surface area (Å²) in [5, 5.41) is 8.85. The molecule has 0 amide bonds. The Morgan fingerprint density at radius 2 is 1.48 bits per heavy atom. The zero-order valence-electron chi connectivity index (χ0n) is 17.5. The summed E-state index contributed by atoms with van der Waals surface area (Å²) in [6.45, 7) is 4.60. The number of benzene rings is 4. The lowest BCUT2D eigenvalue weighted by Gasteiger charge is -2.34. The van der Waals surface area contributed by atoms with E-state index >= 15 is 0 Å². The molecular formula is C29H20N2. The standard InChI is InChI=1S/C29H20N2/c1-29(2)24-16-22-19-9-5-3-7-17(19)11-12-20(22)21-13-14-30-27(26(21)24)23-15-18-8-4-6-10-25(18)31-28(23)29/h3-16H,1-2H3. The van der Waals surface area contributed by atoms with E-state index in [1.807, 2.05) is 6.20 Å². The Labute approximate surface area is 180 Å². The Hall–Kier alpha value is -3.78. The minimum Gasteiger partial charge on any atom is -0.256 e. The van der Waals surface area contributed by atoms with Gasteiger partial charge in [0.15, 0.2) is 0 Å². The number of nitrogens with zero attached hydrogens (tertiary/aromatic N) is 2. The molecule has 1 aliphatic rings. The van der Waals surface area contributed by atoms with E-state index in [1.165, 1.54) is 37.9 Å². The SMILES string of the molecule is CC1(C)c2nc3ccccc3cc2-c2nccc3c2c1cc1c2ccccc2ccc31. The highest BCUT2D eigenvalue weighted by atomic mass is 14.8. The van der Waals surface area contributed by atoms with Gasteiger partial charge in [0.2, 0.25) is 0 Å². The highest BCUT2D eigenvalue weighted by Crippen LogP contribution is 2.49. The molecule has 2 heterocycles. The molecule has 0 fully saturated rings. The summed E-state index contributed by atoms with van der Waals surface area (Å²) >= 11 is 0. The number of rotatable bonds is 0. The van der Waals surface area contributed by atoms with Crippen molar-refractivity contribution in [1.82, 2.24) is 9.97 Å². The molecule has 0 spiro atoms. The maximum Gasteiger partial charge on any atom is 0.0802 e. The van der Waals surface area contributed by atoms with Gasteiger partial charge in [-0.25, -0.2) is 0 Å². The summed E-state index contributed by atoms with van der Waals surface area (Å²) in [6, 6.07) is 28.4. The van der Waals surface area contributed by atoms with Gasteiger partial charge in [-0.2, -0.15) is 0 Å². The van der Waals surface area contributed by atoms with E-state index in [0.29, 0.717) is 0 Å². The first kappa shape index (κ1) is 17.0. The highest BCUT2D eigenvalue weighted by molar-refractivity contribution is 6.21. The van der Waals surface area contributed by atoms with E-state index in [2.05, 4.69) is 92.7 Å².